The highest BCUT2D eigenvalue weighted by Crippen LogP contribution is 2.02. The average molecular weight is 246 g/mol. The predicted octanol–water partition coefficient (Wildman–Crippen LogP) is 0.475. The monoisotopic (exact) mass is 246 g/mol. The van der Waals surface area contributed by atoms with Crippen LogP contribution < -0.4 is 0 Å². The van der Waals surface area contributed by atoms with Gasteiger partial charge in [-0.25, -0.2) is 4.79 Å². The standard InChI is InChI=1S/C11H18O6/c1-7(12)8(2)17-11(14)9(3)16-10(13)5-6-15-4/h8-9H,5-6H2,1-4H3/t8-,9-/m1/s1. The van der Waals surface area contributed by atoms with Crippen molar-refractivity contribution in [2.45, 2.75) is 39.4 Å². The van der Waals surface area contributed by atoms with Crippen LogP contribution >= 0.6 is 0 Å². The second-order valence-corrected chi connectivity index (χ2v) is 3.56. The number of ketones is 1. The number of carbonyl (C=O) groups is 3. The van der Waals surface area contributed by atoms with Gasteiger partial charge in [0.15, 0.2) is 18.0 Å². The van der Waals surface area contributed by atoms with Crippen molar-refractivity contribution in [3.8, 4) is 0 Å². The molecule has 0 saturated carbocycles. The number of hydrogen-bond acceptors (Lipinski definition) is 6. The van der Waals surface area contributed by atoms with E-state index in [-0.39, 0.29) is 18.8 Å². The number of ether oxygens (including phenoxy) is 3. The number of Topliss-reactive ketones (excluding diaryl/α,β-unsaturated/α-hetero) is 1. The lowest BCUT2D eigenvalue weighted by Gasteiger charge is -2.15. The van der Waals surface area contributed by atoms with Crippen LogP contribution in [0.4, 0.5) is 0 Å². The van der Waals surface area contributed by atoms with Crippen LogP contribution in [0.3, 0.4) is 0 Å². The highest BCUT2D eigenvalue weighted by molar-refractivity contribution is 5.85. The Balaban J connectivity index is 4.05. The van der Waals surface area contributed by atoms with Gasteiger partial charge in [0.1, 0.15) is 0 Å². The second kappa shape index (κ2) is 7.78. The maximum Gasteiger partial charge on any atom is 0.347 e. The molecule has 0 aliphatic heterocycles. The van der Waals surface area contributed by atoms with E-state index in [0.29, 0.717) is 0 Å². The number of esters is 2. The molecule has 0 aromatic heterocycles. The van der Waals surface area contributed by atoms with E-state index >= 15 is 0 Å². The molecule has 0 fully saturated rings. The van der Waals surface area contributed by atoms with Crippen LogP contribution in [0, 0.1) is 0 Å². The maximum absolute atomic E-state index is 11.4. The summed E-state index contributed by atoms with van der Waals surface area (Å²) in [7, 11) is 1.46. The fraction of sp³-hybridized carbons (Fsp3) is 0.727. The lowest BCUT2D eigenvalue weighted by Crippen LogP contribution is -2.31. The fourth-order valence-electron chi connectivity index (χ4n) is 0.843. The van der Waals surface area contributed by atoms with E-state index in [1.54, 1.807) is 0 Å². The van der Waals surface area contributed by atoms with E-state index in [1.165, 1.54) is 27.9 Å². The van der Waals surface area contributed by atoms with Gasteiger partial charge < -0.3 is 14.2 Å². The molecule has 6 nitrogen and oxygen atoms in total. The fourth-order valence-corrected chi connectivity index (χ4v) is 0.843. The third-order valence-corrected chi connectivity index (χ3v) is 2.02. The minimum Gasteiger partial charge on any atom is -0.452 e. The molecule has 0 spiro atoms. The minimum absolute atomic E-state index is 0.0659. The zero-order chi connectivity index (χ0) is 13.4. The van der Waals surface area contributed by atoms with Gasteiger partial charge in [-0.2, -0.15) is 0 Å². The van der Waals surface area contributed by atoms with E-state index in [2.05, 4.69) is 4.74 Å². The lowest BCUT2D eigenvalue weighted by atomic mass is 10.3. The molecule has 0 bridgehead atoms. The zero-order valence-electron chi connectivity index (χ0n) is 10.5. The van der Waals surface area contributed by atoms with Crippen LogP contribution in [-0.4, -0.2) is 43.6 Å². The van der Waals surface area contributed by atoms with Crippen LogP contribution in [-0.2, 0) is 28.6 Å². The van der Waals surface area contributed by atoms with Gasteiger partial charge >= 0.3 is 11.9 Å². The average Bonchev–Trinajstić information content (AvgIpc) is 2.25. The molecule has 0 aliphatic carbocycles. The van der Waals surface area contributed by atoms with E-state index < -0.39 is 24.1 Å². The van der Waals surface area contributed by atoms with E-state index in [4.69, 9.17) is 9.47 Å². The summed E-state index contributed by atoms with van der Waals surface area (Å²) < 4.78 is 14.3. The summed E-state index contributed by atoms with van der Waals surface area (Å²) in [6.45, 7) is 4.39. The van der Waals surface area contributed by atoms with Crippen LogP contribution in [0.1, 0.15) is 27.2 Å². The van der Waals surface area contributed by atoms with E-state index in [9.17, 15) is 14.4 Å². The SMILES string of the molecule is COCCC(=O)O[C@H](C)C(=O)O[C@H](C)C(C)=O. The number of hydrogen-bond donors (Lipinski definition) is 0. The topological polar surface area (TPSA) is 78.9 Å². The summed E-state index contributed by atoms with van der Waals surface area (Å²) >= 11 is 0. The first-order valence-electron chi connectivity index (χ1n) is 5.27. The van der Waals surface area contributed by atoms with Crippen molar-refractivity contribution in [2.75, 3.05) is 13.7 Å². The lowest BCUT2D eigenvalue weighted by molar-refractivity contribution is -0.171. The molecule has 0 N–H and O–H groups in total. The Hall–Kier alpha value is -1.43. The van der Waals surface area contributed by atoms with Crippen molar-refractivity contribution in [3.63, 3.8) is 0 Å². The molecule has 6 heteroatoms. The quantitative estimate of drug-likeness (QED) is 0.608. The molecule has 0 radical (unpaired) electrons. The molecule has 0 unspecified atom stereocenters. The molecule has 0 aromatic rings. The van der Waals surface area contributed by atoms with Gasteiger partial charge in [-0.05, 0) is 20.8 Å². The molecule has 0 aliphatic rings. The molecule has 17 heavy (non-hydrogen) atoms. The van der Waals surface area contributed by atoms with Gasteiger partial charge in [0.25, 0.3) is 0 Å². The third kappa shape index (κ3) is 6.68. The van der Waals surface area contributed by atoms with Crippen molar-refractivity contribution in [3.05, 3.63) is 0 Å². The Bertz CT molecular complexity index is 286. The van der Waals surface area contributed by atoms with Crippen molar-refractivity contribution in [2.24, 2.45) is 0 Å². The van der Waals surface area contributed by atoms with Crippen molar-refractivity contribution < 1.29 is 28.6 Å². The summed E-state index contributed by atoms with van der Waals surface area (Å²) in [5, 5.41) is 0. The Kier molecular flexibility index (Phi) is 7.13. The van der Waals surface area contributed by atoms with Gasteiger partial charge in [-0.15, -0.1) is 0 Å². The molecular weight excluding hydrogens is 228 g/mol. The summed E-state index contributed by atoms with van der Waals surface area (Å²) in [5.74, 6) is -1.55. The molecule has 0 saturated heterocycles. The molecule has 0 rings (SSSR count). The van der Waals surface area contributed by atoms with Gasteiger partial charge in [-0.3, -0.25) is 9.59 Å². The molecule has 0 aromatic carbocycles. The maximum atomic E-state index is 11.4. The van der Waals surface area contributed by atoms with Crippen LogP contribution in [0.15, 0.2) is 0 Å². The van der Waals surface area contributed by atoms with Crippen molar-refractivity contribution in [1.29, 1.82) is 0 Å². The van der Waals surface area contributed by atoms with Gasteiger partial charge in [0, 0.05) is 7.11 Å². The summed E-state index contributed by atoms with van der Waals surface area (Å²) in [6.07, 6.45) is -1.79. The smallest absolute Gasteiger partial charge is 0.347 e. The second-order valence-electron chi connectivity index (χ2n) is 3.56. The van der Waals surface area contributed by atoms with Crippen LogP contribution in [0.5, 0.6) is 0 Å². The Morgan fingerprint density at radius 1 is 1.06 bits per heavy atom. The van der Waals surface area contributed by atoms with Gasteiger partial charge in [0.05, 0.1) is 13.0 Å². The zero-order valence-corrected chi connectivity index (χ0v) is 10.5. The van der Waals surface area contributed by atoms with Crippen molar-refractivity contribution >= 4 is 17.7 Å². The normalized spacial score (nSPS) is 13.6. The highest BCUT2D eigenvalue weighted by Gasteiger charge is 2.22. The Morgan fingerprint density at radius 3 is 2.12 bits per heavy atom. The molecular formula is C11H18O6. The first-order valence-corrected chi connectivity index (χ1v) is 5.27. The van der Waals surface area contributed by atoms with Gasteiger partial charge in [0.2, 0.25) is 0 Å². The van der Waals surface area contributed by atoms with Crippen LogP contribution in [0.2, 0.25) is 0 Å². The molecule has 0 heterocycles. The molecule has 0 amide bonds. The molecule has 2 atom stereocenters. The minimum atomic E-state index is -1.03. The highest BCUT2D eigenvalue weighted by atomic mass is 16.6. The summed E-state index contributed by atoms with van der Waals surface area (Å²) in [4.78, 5) is 33.4. The number of methoxy groups -OCH3 is 1. The summed E-state index contributed by atoms with van der Waals surface area (Å²) in [6, 6.07) is 0. The first-order chi connectivity index (χ1) is 7.88. The Labute approximate surface area is 100 Å². The number of carbonyl (C=O) groups excluding carboxylic acids is 3. The third-order valence-electron chi connectivity index (χ3n) is 2.02. The predicted molar refractivity (Wildman–Crippen MR) is 58.3 cm³/mol. The van der Waals surface area contributed by atoms with Gasteiger partial charge in [-0.1, -0.05) is 0 Å². The van der Waals surface area contributed by atoms with E-state index in [1.807, 2.05) is 0 Å². The Morgan fingerprint density at radius 2 is 1.65 bits per heavy atom. The van der Waals surface area contributed by atoms with Crippen molar-refractivity contribution in [1.82, 2.24) is 0 Å². The number of rotatable bonds is 7. The van der Waals surface area contributed by atoms with Crippen LogP contribution in [0.25, 0.3) is 0 Å². The largest absolute Gasteiger partial charge is 0.452 e. The van der Waals surface area contributed by atoms with E-state index in [0.717, 1.165) is 0 Å². The first kappa shape index (κ1) is 15.6. The summed E-state index contributed by atoms with van der Waals surface area (Å²) in [5.41, 5.74) is 0. The molecule has 98 valence electrons.